The van der Waals surface area contributed by atoms with Gasteiger partial charge in [0.25, 0.3) is 0 Å². The van der Waals surface area contributed by atoms with E-state index >= 15 is 0 Å². The maximum absolute atomic E-state index is 6.51. The predicted octanol–water partition coefficient (Wildman–Crippen LogP) is 10.6. The van der Waals surface area contributed by atoms with E-state index in [2.05, 4.69) is 152 Å². The van der Waals surface area contributed by atoms with Crippen LogP contribution in [0.1, 0.15) is 69.4 Å². The SMILES string of the molecule is C[C@@H]1C([C@H]2N=C(C3CC4=C(C=C3C3=CC5=C(C=CC6c7ccccc7C=CC56)CC3)[C@@H](C)CC=C4)NC(C3C=CC=CC3)N2)=CC=C2OC3CC=CC=C3C21. The molecule has 2 aliphatic heterocycles. The van der Waals surface area contributed by atoms with E-state index < -0.39 is 0 Å². The second-order valence-corrected chi connectivity index (χ2v) is 17.3. The number of fused-ring (bicyclic) bond motifs is 7. The predicted molar refractivity (Wildman–Crippen MR) is 225 cm³/mol. The molecule has 55 heavy (non-hydrogen) atoms. The number of amidine groups is 1. The van der Waals surface area contributed by atoms with Crippen molar-refractivity contribution in [1.29, 1.82) is 0 Å². The Hall–Kier alpha value is -4.93. The summed E-state index contributed by atoms with van der Waals surface area (Å²) in [6.07, 6.45) is 46.5. The lowest BCUT2D eigenvalue weighted by Crippen LogP contribution is -2.60. The number of ether oxygens (including phenoxy) is 1. The Morgan fingerprint density at radius 3 is 2.60 bits per heavy atom. The molecule has 7 unspecified atom stereocenters. The molecule has 0 amide bonds. The molecule has 2 N–H and O–H groups in total. The maximum Gasteiger partial charge on any atom is 0.125 e. The largest absolute Gasteiger partial charge is 0.489 e. The Balaban J connectivity index is 0.988. The van der Waals surface area contributed by atoms with Crippen LogP contribution in [-0.2, 0) is 4.74 Å². The van der Waals surface area contributed by atoms with Gasteiger partial charge < -0.3 is 10.1 Å². The van der Waals surface area contributed by atoms with Gasteiger partial charge in [0.05, 0.1) is 6.17 Å². The lowest BCUT2D eigenvalue weighted by atomic mass is 9.67. The second-order valence-electron chi connectivity index (χ2n) is 17.3. The van der Waals surface area contributed by atoms with E-state index in [-0.39, 0.29) is 36.2 Å². The van der Waals surface area contributed by atoms with Crippen molar-refractivity contribution in [3.63, 3.8) is 0 Å². The van der Waals surface area contributed by atoms with Crippen LogP contribution in [0.4, 0.5) is 0 Å². The van der Waals surface area contributed by atoms with E-state index in [4.69, 9.17) is 9.73 Å². The van der Waals surface area contributed by atoms with Crippen molar-refractivity contribution in [1.82, 2.24) is 10.6 Å². The third-order valence-corrected chi connectivity index (χ3v) is 14.2. The van der Waals surface area contributed by atoms with Gasteiger partial charge in [-0.1, -0.05) is 135 Å². The lowest BCUT2D eigenvalue weighted by molar-refractivity contribution is 0.174. The van der Waals surface area contributed by atoms with Crippen LogP contribution >= 0.6 is 0 Å². The minimum Gasteiger partial charge on any atom is -0.489 e. The first-order valence-electron chi connectivity index (χ1n) is 21.0. The van der Waals surface area contributed by atoms with Crippen molar-refractivity contribution in [2.45, 2.75) is 76.7 Å². The third-order valence-electron chi connectivity index (χ3n) is 14.2. The van der Waals surface area contributed by atoms with Crippen molar-refractivity contribution in [2.24, 2.45) is 40.5 Å². The number of rotatable bonds is 4. The molecule has 0 bridgehead atoms. The van der Waals surface area contributed by atoms with E-state index in [9.17, 15) is 0 Å². The zero-order valence-electron chi connectivity index (χ0n) is 32.0. The van der Waals surface area contributed by atoms with E-state index in [1.54, 1.807) is 0 Å². The Kier molecular flexibility index (Phi) is 8.13. The van der Waals surface area contributed by atoms with E-state index in [0.29, 0.717) is 23.7 Å². The van der Waals surface area contributed by atoms with Gasteiger partial charge in [0, 0.05) is 36.0 Å². The number of allylic oxidation sites excluding steroid dienone is 20. The Morgan fingerprint density at radius 1 is 0.764 bits per heavy atom. The number of nitrogens with one attached hydrogen (secondary N) is 2. The zero-order chi connectivity index (χ0) is 36.6. The van der Waals surface area contributed by atoms with Gasteiger partial charge in [0.15, 0.2) is 0 Å². The van der Waals surface area contributed by atoms with E-state index in [0.717, 1.165) is 50.1 Å². The number of aliphatic imine (C=N–C) groups is 1. The molecule has 11 rings (SSSR count). The summed E-state index contributed by atoms with van der Waals surface area (Å²) in [7, 11) is 0. The van der Waals surface area contributed by atoms with Crippen LogP contribution in [0.2, 0.25) is 0 Å². The summed E-state index contributed by atoms with van der Waals surface area (Å²) in [6.45, 7) is 4.80. The van der Waals surface area contributed by atoms with Crippen LogP contribution in [0.15, 0.2) is 177 Å². The van der Waals surface area contributed by atoms with E-state index in [1.807, 2.05) is 0 Å². The quantitative estimate of drug-likeness (QED) is 0.325. The minimum absolute atomic E-state index is 0.0744. The average Bonchev–Trinajstić information content (AvgIpc) is 3.63. The molecule has 0 saturated carbocycles. The first-order chi connectivity index (χ1) is 27.1. The lowest BCUT2D eigenvalue weighted by Gasteiger charge is -2.42. The van der Waals surface area contributed by atoms with Crippen molar-refractivity contribution in [2.75, 3.05) is 0 Å². The molecule has 4 heteroatoms. The molecule has 1 aromatic carbocycles. The maximum atomic E-state index is 6.51. The highest BCUT2D eigenvalue weighted by molar-refractivity contribution is 5.90. The number of benzene rings is 1. The highest BCUT2D eigenvalue weighted by atomic mass is 16.5. The first-order valence-corrected chi connectivity index (χ1v) is 21.0. The summed E-state index contributed by atoms with van der Waals surface area (Å²) in [4.78, 5) is 5.75. The molecule has 10 atom stereocenters. The van der Waals surface area contributed by atoms with Crippen LogP contribution in [0.3, 0.4) is 0 Å². The molecule has 276 valence electrons. The van der Waals surface area contributed by atoms with Crippen LogP contribution in [-0.4, -0.2) is 24.3 Å². The normalized spacial score (nSPS) is 36.4. The van der Waals surface area contributed by atoms with Gasteiger partial charge in [-0.15, -0.1) is 0 Å². The summed E-state index contributed by atoms with van der Waals surface area (Å²) in [5.41, 5.74) is 14.6. The van der Waals surface area contributed by atoms with Crippen LogP contribution in [0.25, 0.3) is 6.08 Å². The van der Waals surface area contributed by atoms with Crippen molar-refractivity contribution < 1.29 is 4.74 Å². The summed E-state index contributed by atoms with van der Waals surface area (Å²) in [5.74, 6) is 4.60. The molecule has 4 nitrogen and oxygen atoms in total. The summed E-state index contributed by atoms with van der Waals surface area (Å²) < 4.78 is 6.51. The monoisotopic (exact) mass is 721 g/mol. The molecule has 2 heterocycles. The molecule has 1 fully saturated rings. The van der Waals surface area contributed by atoms with Crippen LogP contribution < -0.4 is 10.6 Å². The van der Waals surface area contributed by atoms with Crippen molar-refractivity contribution in [3.8, 4) is 0 Å². The standard InChI is InChI=1S/C51H51N3O/c1-30-11-10-15-35-28-45(44(29-42(30)35)36-20-19-33-22-23-39-38-16-7-6-12-32(38)21-24-40(39)43(33)27-36)51-53-49(34-13-4-3-5-14-34)52-50(54-51)37-25-26-47-48(31(37)2)41-17-8-9-18-46(41)55-47/h3-10,12-13,15-17,21-27,29-31,34,39-40,45-46,48-50,52H,11,14,18-20,28H2,1-2H3,(H,53,54)/t30-,31+,34?,39?,40?,45?,46?,48?,49?,50+/m0/s1. The fourth-order valence-corrected chi connectivity index (χ4v) is 11.3. The van der Waals surface area contributed by atoms with Crippen molar-refractivity contribution in [3.05, 3.63) is 183 Å². The molecule has 10 aliphatic rings. The molecular formula is C51H51N3O. The van der Waals surface area contributed by atoms with Crippen LogP contribution in [0.5, 0.6) is 0 Å². The number of nitrogens with zero attached hydrogens (tertiary/aromatic N) is 1. The molecule has 1 aromatic rings. The summed E-state index contributed by atoms with van der Waals surface area (Å²) >= 11 is 0. The van der Waals surface area contributed by atoms with Crippen LogP contribution in [0, 0.1) is 35.5 Å². The summed E-state index contributed by atoms with van der Waals surface area (Å²) in [6, 6.07) is 8.96. The Labute approximate surface area is 326 Å². The third kappa shape index (κ3) is 5.62. The Bertz CT molecular complexity index is 2290. The fourth-order valence-electron chi connectivity index (χ4n) is 11.3. The van der Waals surface area contributed by atoms with Gasteiger partial charge in [-0.05, 0) is 106 Å². The smallest absolute Gasteiger partial charge is 0.125 e. The second kappa shape index (κ2) is 13.4. The molecule has 0 radical (unpaired) electrons. The molecule has 0 spiro atoms. The topological polar surface area (TPSA) is 45.7 Å². The molecule has 0 aromatic heterocycles. The van der Waals surface area contributed by atoms with Gasteiger partial charge in [-0.25, -0.2) is 4.99 Å². The highest BCUT2D eigenvalue weighted by Crippen LogP contribution is 2.50. The van der Waals surface area contributed by atoms with E-state index in [1.165, 1.54) is 55.7 Å². The summed E-state index contributed by atoms with van der Waals surface area (Å²) in [5, 5.41) is 8.11. The van der Waals surface area contributed by atoms with Gasteiger partial charge in [-0.2, -0.15) is 0 Å². The number of hydrogen-bond donors (Lipinski definition) is 2. The van der Waals surface area contributed by atoms with Gasteiger partial charge in [-0.3, -0.25) is 5.32 Å². The zero-order valence-corrected chi connectivity index (χ0v) is 32.0. The molecular weight excluding hydrogens is 671 g/mol. The minimum atomic E-state index is -0.115. The fraction of sp³-hybridized carbons (Fsp3) is 0.353. The van der Waals surface area contributed by atoms with Gasteiger partial charge in [0.2, 0.25) is 0 Å². The van der Waals surface area contributed by atoms with Gasteiger partial charge in [0.1, 0.15) is 23.9 Å². The molecule has 8 aliphatic carbocycles. The highest BCUT2D eigenvalue weighted by Gasteiger charge is 2.45. The first kappa shape index (κ1) is 33.4. The van der Waals surface area contributed by atoms with Crippen molar-refractivity contribution >= 4 is 11.9 Å². The van der Waals surface area contributed by atoms with Gasteiger partial charge >= 0.3 is 0 Å². The molecule has 1 saturated heterocycles. The average molecular weight is 722 g/mol. The number of hydrogen-bond acceptors (Lipinski definition) is 4. The Morgan fingerprint density at radius 2 is 1.67 bits per heavy atom.